The van der Waals surface area contributed by atoms with Crippen molar-refractivity contribution in [1.82, 2.24) is 4.98 Å². The van der Waals surface area contributed by atoms with Crippen molar-refractivity contribution in [3.63, 3.8) is 0 Å². The van der Waals surface area contributed by atoms with Gasteiger partial charge in [0.15, 0.2) is 0 Å². The van der Waals surface area contributed by atoms with Crippen molar-refractivity contribution < 1.29 is 12.8 Å². The Bertz CT molecular complexity index is 771. The van der Waals surface area contributed by atoms with Gasteiger partial charge in [-0.15, -0.1) is 0 Å². The summed E-state index contributed by atoms with van der Waals surface area (Å²) in [5, 5.41) is -0.131. The SMILES string of the molecule is CCN(c1cccc(F)c1)S(=O)(=O)c1cc(Br)cnc1Cl. The molecule has 0 spiro atoms. The lowest BCUT2D eigenvalue weighted by atomic mass is 10.3. The fraction of sp³-hybridized carbons (Fsp3) is 0.154. The van der Waals surface area contributed by atoms with E-state index in [0.29, 0.717) is 4.47 Å². The molecule has 2 rings (SSSR count). The number of hydrogen-bond donors (Lipinski definition) is 0. The summed E-state index contributed by atoms with van der Waals surface area (Å²) >= 11 is 9.05. The number of nitrogens with zero attached hydrogens (tertiary/aromatic N) is 2. The number of rotatable bonds is 4. The van der Waals surface area contributed by atoms with E-state index in [1.807, 2.05) is 0 Å². The highest BCUT2D eigenvalue weighted by molar-refractivity contribution is 9.10. The first-order chi connectivity index (χ1) is 9.86. The summed E-state index contributed by atoms with van der Waals surface area (Å²) in [7, 11) is -3.93. The van der Waals surface area contributed by atoms with Gasteiger partial charge in [0.1, 0.15) is 15.9 Å². The molecule has 1 aromatic carbocycles. The van der Waals surface area contributed by atoms with Crippen LogP contribution in [0, 0.1) is 5.82 Å². The molecule has 0 aliphatic heterocycles. The molecule has 8 heteroatoms. The van der Waals surface area contributed by atoms with Crippen molar-refractivity contribution in [2.75, 3.05) is 10.8 Å². The molecule has 0 bridgehead atoms. The van der Waals surface area contributed by atoms with Gasteiger partial charge in [-0.05, 0) is 47.1 Å². The van der Waals surface area contributed by atoms with Crippen LogP contribution in [0.15, 0.2) is 45.9 Å². The average Bonchev–Trinajstić information content (AvgIpc) is 2.42. The fourth-order valence-electron chi connectivity index (χ4n) is 1.83. The smallest absolute Gasteiger partial charge is 0.266 e. The van der Waals surface area contributed by atoms with Crippen LogP contribution >= 0.6 is 27.5 Å². The van der Waals surface area contributed by atoms with Crippen LogP contribution in [0.4, 0.5) is 10.1 Å². The molecule has 0 aliphatic carbocycles. The molecular formula is C13H11BrClFN2O2S. The molecule has 0 radical (unpaired) electrons. The average molecular weight is 394 g/mol. The highest BCUT2D eigenvalue weighted by Gasteiger charge is 2.27. The van der Waals surface area contributed by atoms with Gasteiger partial charge >= 0.3 is 0 Å². The second-order valence-electron chi connectivity index (χ2n) is 4.09. The number of benzene rings is 1. The summed E-state index contributed by atoms with van der Waals surface area (Å²) in [6.45, 7) is 1.79. The zero-order valence-electron chi connectivity index (χ0n) is 10.9. The monoisotopic (exact) mass is 392 g/mol. The van der Waals surface area contributed by atoms with Crippen molar-refractivity contribution in [3.8, 4) is 0 Å². The van der Waals surface area contributed by atoms with Gasteiger partial charge in [0.05, 0.1) is 5.69 Å². The Morgan fingerprint density at radius 3 is 2.71 bits per heavy atom. The zero-order valence-corrected chi connectivity index (χ0v) is 14.1. The van der Waals surface area contributed by atoms with Crippen LogP contribution in [0.3, 0.4) is 0 Å². The van der Waals surface area contributed by atoms with Crippen LogP contribution in [0.25, 0.3) is 0 Å². The third-order valence-corrected chi connectivity index (χ3v) is 5.49. The quantitative estimate of drug-likeness (QED) is 0.741. The van der Waals surface area contributed by atoms with E-state index >= 15 is 0 Å². The molecule has 0 saturated heterocycles. The number of sulfonamides is 1. The molecule has 21 heavy (non-hydrogen) atoms. The molecule has 0 fully saturated rings. The normalized spacial score (nSPS) is 11.4. The van der Waals surface area contributed by atoms with E-state index in [0.717, 1.165) is 10.4 Å². The molecule has 1 heterocycles. The predicted octanol–water partition coefficient (Wildman–Crippen LogP) is 3.85. The second kappa shape index (κ2) is 6.29. The Labute approximate surface area is 135 Å². The molecular weight excluding hydrogens is 383 g/mol. The van der Waals surface area contributed by atoms with Crippen LogP contribution in [0.1, 0.15) is 6.92 Å². The Morgan fingerprint density at radius 1 is 1.38 bits per heavy atom. The Kier molecular flexibility index (Phi) is 4.85. The Morgan fingerprint density at radius 2 is 2.10 bits per heavy atom. The second-order valence-corrected chi connectivity index (χ2v) is 7.20. The fourth-order valence-corrected chi connectivity index (χ4v) is 4.21. The number of halogens is 3. The zero-order chi connectivity index (χ0) is 15.6. The van der Waals surface area contributed by atoms with Crippen molar-refractivity contribution in [2.45, 2.75) is 11.8 Å². The largest absolute Gasteiger partial charge is 0.267 e. The third-order valence-electron chi connectivity index (χ3n) is 2.72. The first kappa shape index (κ1) is 16.2. The molecule has 112 valence electrons. The van der Waals surface area contributed by atoms with E-state index in [2.05, 4.69) is 20.9 Å². The summed E-state index contributed by atoms with van der Waals surface area (Å²) < 4.78 is 40.3. The van der Waals surface area contributed by atoms with E-state index in [-0.39, 0.29) is 22.3 Å². The summed E-state index contributed by atoms with van der Waals surface area (Å²) in [5.74, 6) is -0.514. The summed E-state index contributed by atoms with van der Waals surface area (Å²) in [6.07, 6.45) is 1.40. The van der Waals surface area contributed by atoms with Gasteiger partial charge < -0.3 is 0 Å². The highest BCUT2D eigenvalue weighted by Crippen LogP contribution is 2.29. The molecule has 4 nitrogen and oxygen atoms in total. The molecule has 0 amide bonds. The lowest BCUT2D eigenvalue weighted by Gasteiger charge is -2.23. The number of aromatic nitrogens is 1. The maximum Gasteiger partial charge on any atom is 0.267 e. The number of anilines is 1. The molecule has 0 saturated carbocycles. The van der Waals surface area contributed by atoms with Gasteiger partial charge in [0, 0.05) is 17.2 Å². The first-order valence-electron chi connectivity index (χ1n) is 5.95. The van der Waals surface area contributed by atoms with E-state index in [9.17, 15) is 12.8 Å². The highest BCUT2D eigenvalue weighted by atomic mass is 79.9. The summed E-state index contributed by atoms with van der Waals surface area (Å²) in [4.78, 5) is 3.68. The summed E-state index contributed by atoms with van der Waals surface area (Å²) in [5.41, 5.74) is 0.230. The molecule has 1 aromatic heterocycles. The van der Waals surface area contributed by atoms with Crippen molar-refractivity contribution in [1.29, 1.82) is 0 Å². The topological polar surface area (TPSA) is 50.3 Å². The third kappa shape index (κ3) is 3.36. The van der Waals surface area contributed by atoms with Crippen LogP contribution in [-0.2, 0) is 10.0 Å². The number of hydrogen-bond acceptors (Lipinski definition) is 3. The van der Waals surface area contributed by atoms with Crippen LogP contribution in [0.5, 0.6) is 0 Å². The van der Waals surface area contributed by atoms with Crippen molar-refractivity contribution >= 4 is 43.2 Å². The molecule has 0 atom stereocenters. The van der Waals surface area contributed by atoms with Crippen LogP contribution < -0.4 is 4.31 Å². The van der Waals surface area contributed by atoms with Crippen LogP contribution in [-0.4, -0.2) is 19.9 Å². The van der Waals surface area contributed by atoms with Crippen molar-refractivity contribution in [3.05, 3.63) is 52.0 Å². The van der Waals surface area contributed by atoms with Gasteiger partial charge in [-0.2, -0.15) is 0 Å². The van der Waals surface area contributed by atoms with Gasteiger partial charge in [0.25, 0.3) is 10.0 Å². The minimum atomic E-state index is -3.93. The minimum Gasteiger partial charge on any atom is -0.266 e. The molecule has 0 aliphatic rings. The lowest BCUT2D eigenvalue weighted by Crippen LogP contribution is -2.31. The Hall–Kier alpha value is -1.18. The molecule has 0 N–H and O–H groups in total. The van der Waals surface area contributed by atoms with Crippen LogP contribution in [0.2, 0.25) is 5.15 Å². The Balaban J connectivity index is 2.57. The van der Waals surface area contributed by atoms with Gasteiger partial charge in [-0.25, -0.2) is 17.8 Å². The standard InChI is InChI=1S/C13H11BrClFN2O2S/c1-2-18(11-5-3-4-10(16)7-11)21(19,20)12-6-9(14)8-17-13(12)15/h3-8H,2H2,1H3. The maximum atomic E-state index is 13.3. The van der Waals surface area contributed by atoms with Gasteiger partial charge in [-0.3, -0.25) is 4.31 Å². The lowest BCUT2D eigenvalue weighted by molar-refractivity contribution is 0.591. The molecule has 0 unspecified atom stereocenters. The predicted molar refractivity (Wildman–Crippen MR) is 83.6 cm³/mol. The van der Waals surface area contributed by atoms with Gasteiger partial charge in [-0.1, -0.05) is 17.7 Å². The van der Waals surface area contributed by atoms with E-state index in [1.165, 1.54) is 30.5 Å². The molecule has 2 aromatic rings. The van der Waals surface area contributed by atoms with Crippen molar-refractivity contribution in [2.24, 2.45) is 0 Å². The minimum absolute atomic E-state index is 0.131. The van der Waals surface area contributed by atoms with E-state index < -0.39 is 15.8 Å². The first-order valence-corrected chi connectivity index (χ1v) is 8.56. The number of pyridine rings is 1. The maximum absolute atomic E-state index is 13.3. The van der Waals surface area contributed by atoms with E-state index in [4.69, 9.17) is 11.6 Å². The van der Waals surface area contributed by atoms with E-state index in [1.54, 1.807) is 6.92 Å². The summed E-state index contributed by atoms with van der Waals surface area (Å²) in [6, 6.07) is 6.73. The van der Waals surface area contributed by atoms with Gasteiger partial charge in [0.2, 0.25) is 0 Å².